The Morgan fingerprint density at radius 2 is 1.94 bits per heavy atom. The fraction of sp³-hybridized carbons (Fsp3) is 0.154. The van der Waals surface area contributed by atoms with Crippen molar-refractivity contribution < 1.29 is 4.79 Å². The van der Waals surface area contributed by atoms with E-state index in [-0.39, 0.29) is 5.78 Å². The Morgan fingerprint density at radius 1 is 1.19 bits per heavy atom. The molecular weight excluding hydrogens is 200 g/mol. The van der Waals surface area contributed by atoms with E-state index in [9.17, 15) is 4.79 Å². The first kappa shape index (κ1) is 10.5. The summed E-state index contributed by atoms with van der Waals surface area (Å²) < 4.78 is 0. The van der Waals surface area contributed by atoms with E-state index in [1.807, 2.05) is 25.1 Å². The molecule has 2 aromatic heterocycles. The minimum atomic E-state index is 0.0943. The second-order valence-electron chi connectivity index (χ2n) is 3.59. The van der Waals surface area contributed by atoms with Gasteiger partial charge in [0.05, 0.1) is 0 Å². The van der Waals surface area contributed by atoms with Gasteiger partial charge in [-0.3, -0.25) is 14.8 Å². The highest BCUT2D eigenvalue weighted by Gasteiger charge is 2.09. The van der Waals surface area contributed by atoms with Gasteiger partial charge in [-0.25, -0.2) is 0 Å². The summed E-state index contributed by atoms with van der Waals surface area (Å²) in [6.07, 6.45) is 5.48. The minimum Gasteiger partial charge on any atom is -0.294 e. The SMILES string of the molecule is Cc1ncccc1C(=O)Cc1ccncc1. The molecular formula is C13H12N2O. The van der Waals surface area contributed by atoms with Crippen LogP contribution in [-0.4, -0.2) is 15.8 Å². The highest BCUT2D eigenvalue weighted by atomic mass is 16.1. The first-order chi connectivity index (χ1) is 7.77. The van der Waals surface area contributed by atoms with Gasteiger partial charge in [-0.15, -0.1) is 0 Å². The molecule has 0 amide bonds. The second-order valence-corrected chi connectivity index (χ2v) is 3.59. The minimum absolute atomic E-state index is 0.0943. The maximum absolute atomic E-state index is 12.0. The Labute approximate surface area is 94.2 Å². The van der Waals surface area contributed by atoms with Crippen molar-refractivity contribution in [3.8, 4) is 0 Å². The average Bonchev–Trinajstić information content (AvgIpc) is 2.31. The van der Waals surface area contributed by atoms with Gasteiger partial charge in [0.15, 0.2) is 5.78 Å². The molecule has 0 aliphatic carbocycles. The number of ketones is 1. The van der Waals surface area contributed by atoms with Crippen LogP contribution in [0.5, 0.6) is 0 Å². The molecule has 0 fully saturated rings. The smallest absolute Gasteiger partial charge is 0.169 e. The maximum Gasteiger partial charge on any atom is 0.169 e. The third-order valence-electron chi connectivity index (χ3n) is 2.42. The van der Waals surface area contributed by atoms with Crippen molar-refractivity contribution in [2.75, 3.05) is 0 Å². The van der Waals surface area contributed by atoms with E-state index < -0.39 is 0 Å². The molecule has 2 rings (SSSR count). The van der Waals surface area contributed by atoms with Crippen molar-refractivity contribution in [2.24, 2.45) is 0 Å². The van der Waals surface area contributed by atoms with Gasteiger partial charge < -0.3 is 0 Å². The van der Waals surface area contributed by atoms with E-state index in [1.54, 1.807) is 24.7 Å². The number of carbonyl (C=O) groups excluding carboxylic acids is 1. The van der Waals surface area contributed by atoms with Crippen LogP contribution >= 0.6 is 0 Å². The number of nitrogens with zero attached hydrogens (tertiary/aromatic N) is 2. The molecule has 0 unspecified atom stereocenters. The molecule has 3 nitrogen and oxygen atoms in total. The van der Waals surface area contributed by atoms with Gasteiger partial charge in [0, 0.05) is 36.3 Å². The number of pyridine rings is 2. The van der Waals surface area contributed by atoms with Gasteiger partial charge in [0.1, 0.15) is 0 Å². The summed E-state index contributed by atoms with van der Waals surface area (Å²) in [4.78, 5) is 20.0. The molecule has 0 saturated carbocycles. The Morgan fingerprint density at radius 3 is 2.62 bits per heavy atom. The number of carbonyl (C=O) groups is 1. The van der Waals surface area contributed by atoms with Crippen LogP contribution in [0.4, 0.5) is 0 Å². The summed E-state index contributed by atoms with van der Waals surface area (Å²) in [7, 11) is 0. The summed E-state index contributed by atoms with van der Waals surface area (Å²) in [5.41, 5.74) is 2.45. The van der Waals surface area contributed by atoms with Crippen molar-refractivity contribution >= 4 is 5.78 Å². The van der Waals surface area contributed by atoms with Crippen molar-refractivity contribution in [3.63, 3.8) is 0 Å². The fourth-order valence-electron chi connectivity index (χ4n) is 1.56. The number of hydrogen-bond acceptors (Lipinski definition) is 3. The van der Waals surface area contributed by atoms with Crippen LogP contribution < -0.4 is 0 Å². The number of Topliss-reactive ketones (excluding diaryl/α,β-unsaturated/α-hetero) is 1. The normalized spacial score (nSPS) is 10.1. The van der Waals surface area contributed by atoms with E-state index in [4.69, 9.17) is 0 Å². The van der Waals surface area contributed by atoms with Crippen molar-refractivity contribution in [3.05, 3.63) is 59.7 Å². The lowest BCUT2D eigenvalue weighted by Crippen LogP contribution is -2.06. The van der Waals surface area contributed by atoms with E-state index in [1.165, 1.54) is 0 Å². The van der Waals surface area contributed by atoms with Crippen LogP contribution in [0.1, 0.15) is 21.6 Å². The third kappa shape index (κ3) is 2.31. The fourth-order valence-corrected chi connectivity index (χ4v) is 1.56. The molecule has 0 atom stereocenters. The predicted octanol–water partition coefficient (Wildman–Crippen LogP) is 2.21. The Hall–Kier alpha value is -2.03. The molecule has 0 saturated heterocycles. The van der Waals surface area contributed by atoms with Crippen LogP contribution in [0.2, 0.25) is 0 Å². The number of rotatable bonds is 3. The zero-order valence-electron chi connectivity index (χ0n) is 9.05. The first-order valence-electron chi connectivity index (χ1n) is 5.11. The van der Waals surface area contributed by atoms with Crippen molar-refractivity contribution in [1.82, 2.24) is 9.97 Å². The molecule has 0 aromatic carbocycles. The molecule has 3 heteroatoms. The summed E-state index contributed by atoms with van der Waals surface area (Å²) in [5, 5.41) is 0. The van der Waals surface area contributed by atoms with Crippen LogP contribution in [0.25, 0.3) is 0 Å². The quantitative estimate of drug-likeness (QED) is 0.732. The largest absolute Gasteiger partial charge is 0.294 e. The maximum atomic E-state index is 12.0. The van der Waals surface area contributed by atoms with E-state index in [0.717, 1.165) is 11.3 Å². The molecule has 0 aliphatic heterocycles. The second kappa shape index (κ2) is 4.66. The lowest BCUT2D eigenvalue weighted by Gasteiger charge is -2.03. The average molecular weight is 212 g/mol. The van der Waals surface area contributed by atoms with Gasteiger partial charge >= 0.3 is 0 Å². The molecule has 2 heterocycles. The molecule has 16 heavy (non-hydrogen) atoms. The standard InChI is InChI=1S/C13H12N2O/c1-10-12(3-2-6-15-10)13(16)9-11-4-7-14-8-5-11/h2-8H,9H2,1H3. The zero-order valence-corrected chi connectivity index (χ0v) is 9.05. The van der Waals surface area contributed by atoms with Gasteiger partial charge in [-0.05, 0) is 36.8 Å². The summed E-state index contributed by atoms with van der Waals surface area (Å²) in [6.45, 7) is 1.85. The van der Waals surface area contributed by atoms with E-state index in [2.05, 4.69) is 9.97 Å². The summed E-state index contributed by atoms with van der Waals surface area (Å²) in [6, 6.07) is 7.30. The van der Waals surface area contributed by atoms with E-state index >= 15 is 0 Å². The predicted molar refractivity (Wildman–Crippen MR) is 61.2 cm³/mol. The van der Waals surface area contributed by atoms with Gasteiger partial charge in [0.25, 0.3) is 0 Å². The lowest BCUT2D eigenvalue weighted by molar-refractivity contribution is 0.0992. The molecule has 2 aromatic rings. The van der Waals surface area contributed by atoms with Crippen LogP contribution in [-0.2, 0) is 6.42 Å². The molecule has 80 valence electrons. The van der Waals surface area contributed by atoms with E-state index in [0.29, 0.717) is 12.0 Å². The summed E-state index contributed by atoms with van der Waals surface area (Å²) in [5.74, 6) is 0.0943. The Bertz CT molecular complexity index is 494. The molecule has 0 aliphatic rings. The Balaban J connectivity index is 2.19. The summed E-state index contributed by atoms with van der Waals surface area (Å²) >= 11 is 0. The molecule has 0 N–H and O–H groups in total. The van der Waals surface area contributed by atoms with Crippen LogP contribution in [0.3, 0.4) is 0 Å². The number of aromatic nitrogens is 2. The number of hydrogen-bond donors (Lipinski definition) is 0. The van der Waals surface area contributed by atoms with Crippen molar-refractivity contribution in [1.29, 1.82) is 0 Å². The molecule has 0 radical (unpaired) electrons. The Kier molecular flexibility index (Phi) is 3.05. The third-order valence-corrected chi connectivity index (χ3v) is 2.42. The monoisotopic (exact) mass is 212 g/mol. The van der Waals surface area contributed by atoms with Crippen molar-refractivity contribution in [2.45, 2.75) is 13.3 Å². The lowest BCUT2D eigenvalue weighted by atomic mass is 10.0. The van der Waals surface area contributed by atoms with Crippen LogP contribution in [0, 0.1) is 6.92 Å². The zero-order chi connectivity index (χ0) is 11.4. The first-order valence-corrected chi connectivity index (χ1v) is 5.11. The highest BCUT2D eigenvalue weighted by Crippen LogP contribution is 2.09. The number of aryl methyl sites for hydroxylation is 1. The topological polar surface area (TPSA) is 42.9 Å². The molecule has 0 spiro atoms. The molecule has 0 bridgehead atoms. The van der Waals surface area contributed by atoms with Crippen LogP contribution in [0.15, 0.2) is 42.9 Å². The van der Waals surface area contributed by atoms with Gasteiger partial charge in [-0.2, -0.15) is 0 Å². The van der Waals surface area contributed by atoms with Gasteiger partial charge in [0.2, 0.25) is 0 Å². The van der Waals surface area contributed by atoms with Gasteiger partial charge in [-0.1, -0.05) is 0 Å². The highest BCUT2D eigenvalue weighted by molar-refractivity contribution is 5.98.